The standard InChI is InChI=1S/C14H28N2O/c1-17-11-4-2-3-8-15-13-7-10-16-9-5-6-14(16)12-13/h13-15H,2-12H2,1H3. The molecule has 0 spiro atoms. The summed E-state index contributed by atoms with van der Waals surface area (Å²) in [6.07, 6.45) is 9.41. The van der Waals surface area contributed by atoms with Gasteiger partial charge in [0.2, 0.25) is 0 Å². The van der Waals surface area contributed by atoms with Crippen LogP contribution in [0.2, 0.25) is 0 Å². The van der Waals surface area contributed by atoms with E-state index in [4.69, 9.17) is 4.74 Å². The molecule has 2 aliphatic rings. The molecule has 1 N–H and O–H groups in total. The molecule has 100 valence electrons. The van der Waals surface area contributed by atoms with Crippen LogP contribution in [0.5, 0.6) is 0 Å². The lowest BCUT2D eigenvalue weighted by molar-refractivity contribution is 0.166. The van der Waals surface area contributed by atoms with E-state index in [2.05, 4.69) is 10.2 Å². The number of nitrogens with one attached hydrogen (secondary N) is 1. The highest BCUT2D eigenvalue weighted by atomic mass is 16.5. The monoisotopic (exact) mass is 240 g/mol. The Morgan fingerprint density at radius 1 is 1.18 bits per heavy atom. The largest absolute Gasteiger partial charge is 0.385 e. The molecule has 17 heavy (non-hydrogen) atoms. The first-order chi connectivity index (χ1) is 8.40. The lowest BCUT2D eigenvalue weighted by Gasteiger charge is -2.35. The van der Waals surface area contributed by atoms with Crippen molar-refractivity contribution in [2.24, 2.45) is 0 Å². The number of nitrogens with zero attached hydrogens (tertiary/aromatic N) is 1. The van der Waals surface area contributed by atoms with Gasteiger partial charge >= 0.3 is 0 Å². The van der Waals surface area contributed by atoms with Gasteiger partial charge in [-0.2, -0.15) is 0 Å². The fourth-order valence-corrected chi connectivity index (χ4v) is 3.26. The van der Waals surface area contributed by atoms with Crippen LogP contribution in [0.25, 0.3) is 0 Å². The summed E-state index contributed by atoms with van der Waals surface area (Å²) in [5, 5.41) is 3.74. The van der Waals surface area contributed by atoms with Gasteiger partial charge in [0, 0.05) is 25.8 Å². The molecule has 2 unspecified atom stereocenters. The molecule has 2 atom stereocenters. The summed E-state index contributed by atoms with van der Waals surface area (Å²) in [5.74, 6) is 0. The molecule has 3 nitrogen and oxygen atoms in total. The topological polar surface area (TPSA) is 24.5 Å². The third-order valence-corrected chi connectivity index (χ3v) is 4.28. The maximum Gasteiger partial charge on any atom is 0.0462 e. The van der Waals surface area contributed by atoms with Crippen LogP contribution in [-0.2, 0) is 4.74 Å². The Balaban J connectivity index is 1.51. The summed E-state index contributed by atoms with van der Waals surface area (Å²) in [6, 6.07) is 1.69. The minimum atomic E-state index is 0.789. The molecule has 0 amide bonds. The van der Waals surface area contributed by atoms with E-state index in [1.165, 1.54) is 64.6 Å². The van der Waals surface area contributed by atoms with Crippen molar-refractivity contribution in [1.82, 2.24) is 10.2 Å². The zero-order valence-corrected chi connectivity index (χ0v) is 11.3. The number of rotatable bonds is 7. The summed E-state index contributed by atoms with van der Waals surface area (Å²) < 4.78 is 5.06. The number of hydrogen-bond donors (Lipinski definition) is 1. The lowest BCUT2D eigenvalue weighted by atomic mass is 9.97. The van der Waals surface area contributed by atoms with Crippen molar-refractivity contribution < 1.29 is 4.74 Å². The highest BCUT2D eigenvalue weighted by Gasteiger charge is 2.31. The normalized spacial score (nSPS) is 29.5. The van der Waals surface area contributed by atoms with Gasteiger partial charge in [0.25, 0.3) is 0 Å². The van der Waals surface area contributed by atoms with Gasteiger partial charge in [0.05, 0.1) is 0 Å². The molecule has 2 fully saturated rings. The van der Waals surface area contributed by atoms with Crippen molar-refractivity contribution in [3.63, 3.8) is 0 Å². The van der Waals surface area contributed by atoms with E-state index >= 15 is 0 Å². The maximum absolute atomic E-state index is 5.06. The van der Waals surface area contributed by atoms with Crippen LogP contribution < -0.4 is 5.32 Å². The van der Waals surface area contributed by atoms with Crippen molar-refractivity contribution in [3.05, 3.63) is 0 Å². The third-order valence-electron chi connectivity index (χ3n) is 4.28. The average Bonchev–Trinajstić information content (AvgIpc) is 2.81. The van der Waals surface area contributed by atoms with Crippen LogP contribution in [0, 0.1) is 0 Å². The summed E-state index contributed by atoms with van der Waals surface area (Å²) in [4.78, 5) is 2.69. The molecule has 2 saturated heterocycles. The van der Waals surface area contributed by atoms with Crippen LogP contribution in [0.1, 0.15) is 44.9 Å². The predicted octanol–water partition coefficient (Wildman–Crippen LogP) is 2.02. The summed E-state index contributed by atoms with van der Waals surface area (Å²) in [7, 11) is 1.79. The van der Waals surface area contributed by atoms with Gasteiger partial charge in [-0.05, 0) is 64.6 Å². The molecule has 0 saturated carbocycles. The van der Waals surface area contributed by atoms with Gasteiger partial charge in [0.1, 0.15) is 0 Å². The highest BCUT2D eigenvalue weighted by molar-refractivity contribution is 4.89. The molecule has 0 aliphatic carbocycles. The molecule has 2 heterocycles. The zero-order valence-electron chi connectivity index (χ0n) is 11.3. The van der Waals surface area contributed by atoms with Gasteiger partial charge in [-0.25, -0.2) is 0 Å². The molecule has 0 radical (unpaired) electrons. The predicted molar refractivity (Wildman–Crippen MR) is 71.3 cm³/mol. The Kier molecular flexibility index (Phi) is 5.75. The fourth-order valence-electron chi connectivity index (χ4n) is 3.26. The van der Waals surface area contributed by atoms with Crippen molar-refractivity contribution in [2.75, 3.05) is 33.4 Å². The highest BCUT2D eigenvalue weighted by Crippen LogP contribution is 2.26. The minimum Gasteiger partial charge on any atom is -0.385 e. The summed E-state index contributed by atoms with van der Waals surface area (Å²) in [5.41, 5.74) is 0. The van der Waals surface area contributed by atoms with Gasteiger partial charge in [-0.1, -0.05) is 0 Å². The fraction of sp³-hybridized carbons (Fsp3) is 1.00. The Labute approximate surface area is 106 Å². The molecular formula is C14H28N2O. The van der Waals surface area contributed by atoms with Crippen LogP contribution >= 0.6 is 0 Å². The molecule has 0 aromatic heterocycles. The van der Waals surface area contributed by atoms with Crippen molar-refractivity contribution in [3.8, 4) is 0 Å². The summed E-state index contributed by atoms with van der Waals surface area (Å²) >= 11 is 0. The Morgan fingerprint density at radius 2 is 2.12 bits per heavy atom. The maximum atomic E-state index is 5.06. The SMILES string of the molecule is COCCCCCNC1CCN2CCCC2C1. The van der Waals surface area contributed by atoms with E-state index in [1.54, 1.807) is 7.11 Å². The molecule has 3 heteroatoms. The quantitative estimate of drug-likeness (QED) is 0.689. The van der Waals surface area contributed by atoms with Gasteiger partial charge in [-0.15, -0.1) is 0 Å². The van der Waals surface area contributed by atoms with E-state index in [1.807, 2.05) is 0 Å². The number of unbranched alkanes of at least 4 members (excludes halogenated alkanes) is 2. The van der Waals surface area contributed by atoms with Crippen molar-refractivity contribution in [2.45, 2.75) is 57.0 Å². The smallest absolute Gasteiger partial charge is 0.0462 e. The van der Waals surface area contributed by atoms with Crippen molar-refractivity contribution >= 4 is 0 Å². The Morgan fingerprint density at radius 3 is 3.00 bits per heavy atom. The molecule has 0 aromatic rings. The first-order valence-corrected chi connectivity index (χ1v) is 7.36. The molecule has 2 aliphatic heterocycles. The second kappa shape index (κ2) is 7.34. The van der Waals surface area contributed by atoms with Crippen molar-refractivity contribution in [1.29, 1.82) is 0 Å². The van der Waals surface area contributed by atoms with Crippen LogP contribution in [0.15, 0.2) is 0 Å². The van der Waals surface area contributed by atoms with Gasteiger partial charge < -0.3 is 15.0 Å². The van der Waals surface area contributed by atoms with Gasteiger partial charge in [-0.3, -0.25) is 0 Å². The number of fused-ring (bicyclic) bond motifs is 1. The Hall–Kier alpha value is -0.120. The van der Waals surface area contributed by atoms with Crippen LogP contribution in [0.4, 0.5) is 0 Å². The number of hydrogen-bond acceptors (Lipinski definition) is 3. The number of ether oxygens (including phenoxy) is 1. The first-order valence-electron chi connectivity index (χ1n) is 7.36. The summed E-state index contributed by atoms with van der Waals surface area (Å²) in [6.45, 7) is 4.79. The minimum absolute atomic E-state index is 0.789. The van der Waals surface area contributed by atoms with E-state index in [-0.39, 0.29) is 0 Å². The molecular weight excluding hydrogens is 212 g/mol. The van der Waals surface area contributed by atoms with Gasteiger partial charge in [0.15, 0.2) is 0 Å². The average molecular weight is 240 g/mol. The number of methoxy groups -OCH3 is 1. The third kappa shape index (κ3) is 4.23. The lowest BCUT2D eigenvalue weighted by Crippen LogP contribution is -2.45. The Bertz CT molecular complexity index is 210. The zero-order chi connectivity index (χ0) is 11.9. The van der Waals surface area contributed by atoms with E-state index < -0.39 is 0 Å². The van der Waals surface area contributed by atoms with E-state index in [0.29, 0.717) is 0 Å². The second-order valence-corrected chi connectivity index (χ2v) is 5.56. The van der Waals surface area contributed by atoms with Crippen LogP contribution in [0.3, 0.4) is 0 Å². The molecule has 2 rings (SSSR count). The molecule has 0 aromatic carbocycles. The first kappa shape index (κ1) is 13.3. The van der Waals surface area contributed by atoms with E-state index in [0.717, 1.165) is 18.7 Å². The molecule has 0 bridgehead atoms. The van der Waals surface area contributed by atoms with E-state index in [9.17, 15) is 0 Å². The second-order valence-electron chi connectivity index (χ2n) is 5.56. The van der Waals surface area contributed by atoms with Crippen LogP contribution in [-0.4, -0.2) is 50.3 Å². The number of piperidine rings is 1.